The molecule has 0 amide bonds. The van der Waals surface area contributed by atoms with Crippen LogP contribution in [-0.4, -0.2) is 38.7 Å². The molecule has 21 heavy (non-hydrogen) atoms. The number of sulfonamides is 1. The lowest BCUT2D eigenvalue weighted by Crippen LogP contribution is -2.32. The molecular formula is C13H19NO5S2. The number of carboxylic acid groups (broad SMARTS) is 1. The van der Waals surface area contributed by atoms with Crippen molar-refractivity contribution in [1.29, 1.82) is 0 Å². The van der Waals surface area contributed by atoms with Gasteiger partial charge in [-0.1, -0.05) is 6.92 Å². The standard InChI is InChI=1S/C13H19NO5S2/c1-2-11-9(5-6-19-11)8-14-21(17,18)13-4-3-10(20-13)7-12(15)16/h3-4,9,11,14H,2,5-8H2,1H3,(H,15,16). The fraction of sp³-hybridized carbons (Fsp3) is 0.615. The van der Waals surface area contributed by atoms with Crippen LogP contribution in [0, 0.1) is 5.92 Å². The molecule has 6 nitrogen and oxygen atoms in total. The smallest absolute Gasteiger partial charge is 0.308 e. The van der Waals surface area contributed by atoms with Gasteiger partial charge in [0.05, 0.1) is 12.5 Å². The lowest BCUT2D eigenvalue weighted by atomic mass is 10.0. The van der Waals surface area contributed by atoms with Gasteiger partial charge in [0.25, 0.3) is 0 Å². The zero-order valence-electron chi connectivity index (χ0n) is 11.7. The van der Waals surface area contributed by atoms with Crippen LogP contribution in [0.3, 0.4) is 0 Å². The third kappa shape index (κ3) is 4.26. The number of rotatable bonds is 7. The van der Waals surface area contributed by atoms with E-state index in [1.807, 2.05) is 6.92 Å². The lowest BCUT2D eigenvalue weighted by Gasteiger charge is -2.16. The quantitative estimate of drug-likeness (QED) is 0.788. The normalized spacial score (nSPS) is 22.5. The largest absolute Gasteiger partial charge is 0.481 e. The Labute approximate surface area is 128 Å². The zero-order valence-corrected chi connectivity index (χ0v) is 13.4. The number of hydrogen-bond donors (Lipinski definition) is 2. The summed E-state index contributed by atoms with van der Waals surface area (Å²) in [5.74, 6) is -0.772. The van der Waals surface area contributed by atoms with E-state index in [9.17, 15) is 13.2 Å². The van der Waals surface area contributed by atoms with Crippen LogP contribution in [-0.2, 0) is 26.0 Å². The van der Waals surface area contributed by atoms with Gasteiger partial charge in [-0.15, -0.1) is 11.3 Å². The Bertz CT molecular complexity index is 595. The summed E-state index contributed by atoms with van der Waals surface area (Å²) in [7, 11) is -3.57. The summed E-state index contributed by atoms with van der Waals surface area (Å²) < 4.78 is 32.7. The summed E-state index contributed by atoms with van der Waals surface area (Å²) in [6, 6.07) is 2.99. The van der Waals surface area contributed by atoms with Gasteiger partial charge in [-0.3, -0.25) is 4.79 Å². The molecule has 1 fully saturated rings. The topological polar surface area (TPSA) is 92.7 Å². The van der Waals surface area contributed by atoms with Crippen molar-refractivity contribution in [2.75, 3.05) is 13.2 Å². The molecule has 1 aromatic heterocycles. The molecule has 2 rings (SSSR count). The van der Waals surface area contributed by atoms with Gasteiger partial charge in [0, 0.05) is 23.9 Å². The minimum atomic E-state index is -3.57. The highest BCUT2D eigenvalue weighted by Crippen LogP contribution is 2.25. The summed E-state index contributed by atoms with van der Waals surface area (Å²) in [6.07, 6.45) is 1.68. The fourth-order valence-electron chi connectivity index (χ4n) is 2.41. The highest BCUT2D eigenvalue weighted by molar-refractivity contribution is 7.91. The van der Waals surface area contributed by atoms with E-state index in [4.69, 9.17) is 9.84 Å². The van der Waals surface area contributed by atoms with Crippen LogP contribution in [0.2, 0.25) is 0 Å². The number of ether oxygens (including phenoxy) is 1. The van der Waals surface area contributed by atoms with E-state index in [0.717, 1.165) is 24.2 Å². The molecule has 2 heterocycles. The minimum absolute atomic E-state index is 0.110. The van der Waals surface area contributed by atoms with Gasteiger partial charge >= 0.3 is 5.97 Å². The Morgan fingerprint density at radius 3 is 2.95 bits per heavy atom. The van der Waals surface area contributed by atoms with E-state index in [1.165, 1.54) is 6.07 Å². The summed E-state index contributed by atoms with van der Waals surface area (Å²) in [5.41, 5.74) is 0. The van der Waals surface area contributed by atoms with Crippen LogP contribution in [0.1, 0.15) is 24.6 Å². The predicted octanol–water partition coefficient (Wildman–Crippen LogP) is 1.47. The molecule has 1 aliphatic heterocycles. The molecule has 8 heteroatoms. The number of hydrogen-bond acceptors (Lipinski definition) is 5. The van der Waals surface area contributed by atoms with Crippen molar-refractivity contribution in [3.8, 4) is 0 Å². The average Bonchev–Trinajstić information content (AvgIpc) is 3.04. The van der Waals surface area contributed by atoms with Gasteiger partial charge in [0.1, 0.15) is 4.21 Å². The summed E-state index contributed by atoms with van der Waals surface area (Å²) >= 11 is 0.995. The Kier molecular flexibility index (Phi) is 5.37. The third-order valence-electron chi connectivity index (χ3n) is 3.51. The number of thiophene rings is 1. The van der Waals surface area contributed by atoms with Gasteiger partial charge in [-0.2, -0.15) is 0 Å². The summed E-state index contributed by atoms with van der Waals surface area (Å²) in [4.78, 5) is 11.2. The molecule has 2 N–H and O–H groups in total. The molecule has 0 spiro atoms. The molecule has 2 unspecified atom stereocenters. The van der Waals surface area contributed by atoms with E-state index in [2.05, 4.69) is 4.72 Å². The highest BCUT2D eigenvalue weighted by atomic mass is 32.2. The Hall–Kier alpha value is -0.960. The first-order chi connectivity index (χ1) is 9.92. The van der Waals surface area contributed by atoms with Crippen LogP contribution >= 0.6 is 11.3 Å². The number of nitrogens with one attached hydrogen (secondary N) is 1. The van der Waals surface area contributed by atoms with Gasteiger partial charge < -0.3 is 9.84 Å². The summed E-state index contributed by atoms with van der Waals surface area (Å²) in [6.45, 7) is 3.05. The van der Waals surface area contributed by atoms with Crippen molar-refractivity contribution in [3.05, 3.63) is 17.0 Å². The average molecular weight is 333 g/mol. The molecule has 0 aliphatic carbocycles. The maximum atomic E-state index is 12.2. The second-order valence-corrected chi connectivity index (χ2v) is 8.17. The van der Waals surface area contributed by atoms with Crippen LogP contribution in [0.25, 0.3) is 0 Å². The van der Waals surface area contributed by atoms with Gasteiger partial charge in [-0.05, 0) is 25.0 Å². The van der Waals surface area contributed by atoms with Crippen molar-refractivity contribution in [1.82, 2.24) is 4.72 Å². The first-order valence-corrected chi connectivity index (χ1v) is 9.14. The Morgan fingerprint density at radius 2 is 2.29 bits per heavy atom. The van der Waals surface area contributed by atoms with E-state index >= 15 is 0 Å². The molecule has 118 valence electrons. The maximum Gasteiger partial charge on any atom is 0.308 e. The Balaban J connectivity index is 1.98. The van der Waals surface area contributed by atoms with Crippen LogP contribution < -0.4 is 4.72 Å². The zero-order chi connectivity index (χ0) is 15.5. The van der Waals surface area contributed by atoms with Crippen LogP contribution in [0.15, 0.2) is 16.3 Å². The highest BCUT2D eigenvalue weighted by Gasteiger charge is 2.28. The van der Waals surface area contributed by atoms with Gasteiger partial charge in [0.15, 0.2) is 0 Å². The van der Waals surface area contributed by atoms with Crippen molar-refractivity contribution in [3.63, 3.8) is 0 Å². The van der Waals surface area contributed by atoms with Gasteiger partial charge in [-0.25, -0.2) is 13.1 Å². The number of aliphatic carboxylic acids is 1. The van der Waals surface area contributed by atoms with Crippen LogP contribution in [0.4, 0.5) is 0 Å². The van der Waals surface area contributed by atoms with Crippen LogP contribution in [0.5, 0.6) is 0 Å². The molecule has 0 radical (unpaired) electrons. The monoisotopic (exact) mass is 333 g/mol. The maximum absolute atomic E-state index is 12.2. The molecular weight excluding hydrogens is 314 g/mol. The Morgan fingerprint density at radius 1 is 1.52 bits per heavy atom. The lowest BCUT2D eigenvalue weighted by molar-refractivity contribution is -0.136. The number of carboxylic acids is 1. The van der Waals surface area contributed by atoms with E-state index < -0.39 is 16.0 Å². The second kappa shape index (κ2) is 6.87. The summed E-state index contributed by atoms with van der Waals surface area (Å²) in [5, 5.41) is 8.71. The SMILES string of the molecule is CCC1OCCC1CNS(=O)(=O)c1ccc(CC(=O)O)s1. The first kappa shape index (κ1) is 16.4. The third-order valence-corrected chi connectivity index (χ3v) is 6.51. The first-order valence-electron chi connectivity index (χ1n) is 6.84. The van der Waals surface area contributed by atoms with Crippen molar-refractivity contribution >= 4 is 27.3 Å². The molecule has 0 aromatic carbocycles. The molecule has 1 saturated heterocycles. The van der Waals surface area contributed by atoms with E-state index in [1.54, 1.807) is 6.07 Å². The second-order valence-electron chi connectivity index (χ2n) is 5.01. The predicted molar refractivity (Wildman–Crippen MR) is 79.0 cm³/mol. The van der Waals surface area contributed by atoms with E-state index in [-0.39, 0.29) is 22.7 Å². The minimum Gasteiger partial charge on any atom is -0.481 e. The molecule has 2 atom stereocenters. The molecule has 0 saturated carbocycles. The molecule has 1 aliphatic rings. The van der Waals surface area contributed by atoms with Crippen molar-refractivity contribution in [2.24, 2.45) is 5.92 Å². The van der Waals surface area contributed by atoms with E-state index in [0.29, 0.717) is 18.0 Å². The molecule has 1 aromatic rings. The number of carbonyl (C=O) groups is 1. The molecule has 0 bridgehead atoms. The van der Waals surface area contributed by atoms with Crippen molar-refractivity contribution in [2.45, 2.75) is 36.5 Å². The van der Waals surface area contributed by atoms with Gasteiger partial charge in [0.2, 0.25) is 10.0 Å². The fourth-order valence-corrected chi connectivity index (χ4v) is 4.90. The van der Waals surface area contributed by atoms with Crippen molar-refractivity contribution < 1.29 is 23.1 Å².